The SMILES string of the molecule is CC(C)(C)C(=CC#N)C(=O)N1CCC(N)C(c2ccc(Oc3ccccc3)cc2F)C1n1ncc2cncnc21. The highest BCUT2D eigenvalue weighted by Crippen LogP contribution is 2.43. The van der Waals surface area contributed by atoms with E-state index in [0.29, 0.717) is 46.6 Å². The molecule has 1 aliphatic rings. The van der Waals surface area contributed by atoms with Gasteiger partial charge in [0.1, 0.15) is 29.8 Å². The molecule has 4 aromatic rings. The number of benzene rings is 2. The van der Waals surface area contributed by atoms with Crippen LogP contribution < -0.4 is 10.5 Å². The predicted molar refractivity (Wildman–Crippen MR) is 147 cm³/mol. The third kappa shape index (κ3) is 5.16. The lowest BCUT2D eigenvalue weighted by atomic mass is 9.81. The summed E-state index contributed by atoms with van der Waals surface area (Å²) >= 11 is 0. The number of allylic oxidation sites excluding steroid dienone is 1. The Bertz CT molecular complexity index is 1600. The summed E-state index contributed by atoms with van der Waals surface area (Å²) < 4.78 is 23.3. The van der Waals surface area contributed by atoms with Gasteiger partial charge in [-0.15, -0.1) is 0 Å². The average molecular weight is 540 g/mol. The van der Waals surface area contributed by atoms with Crippen molar-refractivity contribution in [1.29, 1.82) is 5.26 Å². The van der Waals surface area contributed by atoms with Crippen LogP contribution in [-0.2, 0) is 4.79 Å². The molecule has 1 amide bonds. The van der Waals surface area contributed by atoms with Gasteiger partial charge in [0.2, 0.25) is 0 Å². The van der Waals surface area contributed by atoms with Crippen LogP contribution in [0.2, 0.25) is 0 Å². The fraction of sp³-hybridized carbons (Fsp3) is 0.300. The van der Waals surface area contributed by atoms with Crippen LogP contribution in [0, 0.1) is 22.6 Å². The van der Waals surface area contributed by atoms with Crippen molar-refractivity contribution < 1.29 is 13.9 Å². The molecule has 3 atom stereocenters. The molecule has 0 bridgehead atoms. The highest BCUT2D eigenvalue weighted by molar-refractivity contribution is 5.95. The second-order valence-electron chi connectivity index (χ2n) is 10.8. The van der Waals surface area contributed by atoms with Gasteiger partial charge in [0.25, 0.3) is 5.91 Å². The number of halogens is 1. The summed E-state index contributed by atoms with van der Waals surface area (Å²) in [6.07, 6.45) is 5.52. The summed E-state index contributed by atoms with van der Waals surface area (Å²) in [5.74, 6) is -0.600. The number of carbonyl (C=O) groups excluding carboxylic acids is 1. The van der Waals surface area contributed by atoms with Crippen molar-refractivity contribution in [2.45, 2.75) is 45.3 Å². The van der Waals surface area contributed by atoms with Crippen LogP contribution in [0.3, 0.4) is 0 Å². The van der Waals surface area contributed by atoms with Crippen LogP contribution in [-0.4, -0.2) is 43.1 Å². The second-order valence-corrected chi connectivity index (χ2v) is 10.8. The Kier molecular flexibility index (Phi) is 7.32. The van der Waals surface area contributed by atoms with Crippen molar-refractivity contribution in [3.8, 4) is 17.6 Å². The fourth-order valence-corrected chi connectivity index (χ4v) is 5.19. The van der Waals surface area contributed by atoms with Gasteiger partial charge in [0, 0.05) is 42.4 Å². The third-order valence-corrected chi connectivity index (χ3v) is 7.13. The molecule has 2 N–H and O–H groups in total. The molecule has 0 saturated carbocycles. The maximum Gasteiger partial charge on any atom is 0.252 e. The van der Waals surface area contributed by atoms with Crippen molar-refractivity contribution in [2.75, 3.05) is 6.54 Å². The predicted octanol–water partition coefficient (Wildman–Crippen LogP) is 5.10. The molecule has 1 fully saturated rings. The van der Waals surface area contributed by atoms with Crippen molar-refractivity contribution in [3.63, 3.8) is 0 Å². The molecule has 0 spiro atoms. The lowest BCUT2D eigenvalue weighted by Gasteiger charge is -2.45. The smallest absolute Gasteiger partial charge is 0.252 e. The standard InChI is InChI=1S/C30H30FN7O2/c1-30(2,3)23(11-13-32)29(39)37-14-12-25(33)26(28(37)38-27-19(17-36-38)16-34-18-35-27)22-10-9-21(15-24(22)31)40-20-7-5-4-6-8-20/h4-11,15-18,25-26,28H,12,14,33H2,1-3H3. The van der Waals surface area contributed by atoms with Crippen molar-refractivity contribution in [1.82, 2.24) is 24.6 Å². The first-order chi connectivity index (χ1) is 19.2. The maximum absolute atomic E-state index is 15.9. The summed E-state index contributed by atoms with van der Waals surface area (Å²) in [4.78, 5) is 24.2. The molecule has 0 radical (unpaired) electrons. The molecule has 3 heterocycles. The van der Waals surface area contributed by atoms with Gasteiger partial charge in [-0.05, 0) is 35.6 Å². The van der Waals surface area contributed by atoms with Gasteiger partial charge in [-0.3, -0.25) is 4.79 Å². The number of carbonyl (C=O) groups is 1. The number of nitrogens with two attached hydrogens (primary N) is 1. The molecule has 40 heavy (non-hydrogen) atoms. The van der Waals surface area contributed by atoms with E-state index in [0.717, 1.165) is 0 Å². The number of para-hydroxylation sites is 1. The largest absolute Gasteiger partial charge is 0.457 e. The Morgan fingerprint density at radius 3 is 2.65 bits per heavy atom. The number of hydrogen-bond donors (Lipinski definition) is 1. The fourth-order valence-electron chi connectivity index (χ4n) is 5.19. The number of nitrogens with zero attached hydrogens (tertiary/aromatic N) is 6. The minimum absolute atomic E-state index is 0.295. The van der Waals surface area contributed by atoms with Gasteiger partial charge in [-0.2, -0.15) is 10.4 Å². The van der Waals surface area contributed by atoms with Crippen LogP contribution >= 0.6 is 0 Å². The minimum atomic E-state index is -0.816. The zero-order valence-corrected chi connectivity index (χ0v) is 22.5. The number of amides is 1. The molecule has 2 aromatic carbocycles. The summed E-state index contributed by atoms with van der Waals surface area (Å²) in [5.41, 5.74) is 7.24. The third-order valence-electron chi connectivity index (χ3n) is 7.13. The maximum atomic E-state index is 15.9. The Labute approximate surface area is 231 Å². The van der Waals surface area contributed by atoms with Crippen LogP contribution in [0.25, 0.3) is 11.0 Å². The molecular weight excluding hydrogens is 509 g/mol. The number of fused-ring (bicyclic) bond motifs is 1. The summed E-state index contributed by atoms with van der Waals surface area (Å²) in [6, 6.07) is 15.3. The lowest BCUT2D eigenvalue weighted by Crippen LogP contribution is -2.53. The molecule has 9 nitrogen and oxygen atoms in total. The first-order valence-electron chi connectivity index (χ1n) is 13.0. The first-order valence-corrected chi connectivity index (χ1v) is 13.0. The van der Waals surface area contributed by atoms with E-state index in [2.05, 4.69) is 15.1 Å². The van der Waals surface area contributed by atoms with E-state index in [-0.39, 0.29) is 5.91 Å². The van der Waals surface area contributed by atoms with E-state index in [1.807, 2.05) is 45.0 Å². The second kappa shape index (κ2) is 10.9. The lowest BCUT2D eigenvalue weighted by molar-refractivity contribution is -0.135. The van der Waals surface area contributed by atoms with Crippen LogP contribution in [0.15, 0.2) is 78.9 Å². The van der Waals surface area contributed by atoms with Crippen LogP contribution in [0.5, 0.6) is 11.5 Å². The first kappa shape index (κ1) is 27.0. The van der Waals surface area contributed by atoms with E-state index in [9.17, 15) is 10.1 Å². The molecule has 5 rings (SSSR count). The van der Waals surface area contributed by atoms with Gasteiger partial charge in [-0.25, -0.2) is 19.0 Å². The Morgan fingerprint density at radius 2 is 1.95 bits per heavy atom. The number of likely N-dealkylation sites (tertiary alicyclic amines) is 1. The number of hydrogen-bond acceptors (Lipinski definition) is 7. The van der Waals surface area contributed by atoms with Gasteiger partial charge < -0.3 is 15.4 Å². The number of nitriles is 1. The monoisotopic (exact) mass is 539 g/mol. The normalized spacial score (nSPS) is 19.9. The summed E-state index contributed by atoms with van der Waals surface area (Å²) in [6.45, 7) is 5.91. The van der Waals surface area contributed by atoms with Crippen LogP contribution in [0.1, 0.15) is 44.8 Å². The van der Waals surface area contributed by atoms with Crippen molar-refractivity contribution in [2.24, 2.45) is 11.1 Å². The number of rotatable bonds is 5. The van der Waals surface area contributed by atoms with Crippen molar-refractivity contribution in [3.05, 3.63) is 90.3 Å². The highest BCUT2D eigenvalue weighted by Gasteiger charge is 2.45. The van der Waals surface area contributed by atoms with E-state index < -0.39 is 29.4 Å². The number of piperidine rings is 1. The zero-order valence-electron chi connectivity index (χ0n) is 22.5. The quantitative estimate of drug-likeness (QED) is 0.277. The molecule has 3 unspecified atom stereocenters. The molecule has 2 aromatic heterocycles. The van der Waals surface area contributed by atoms with Gasteiger partial charge in [-0.1, -0.05) is 45.0 Å². The van der Waals surface area contributed by atoms with Crippen molar-refractivity contribution >= 4 is 16.9 Å². The topological polar surface area (TPSA) is 123 Å². The molecule has 10 heteroatoms. The Morgan fingerprint density at radius 1 is 1.18 bits per heavy atom. The summed E-state index contributed by atoms with van der Waals surface area (Å²) in [7, 11) is 0. The number of aromatic nitrogens is 4. The van der Waals surface area contributed by atoms with E-state index >= 15 is 4.39 Å². The Hall–Kier alpha value is -4.62. The van der Waals surface area contributed by atoms with E-state index in [1.165, 1.54) is 18.5 Å². The summed E-state index contributed by atoms with van der Waals surface area (Å²) in [5, 5.41) is 14.7. The minimum Gasteiger partial charge on any atom is -0.457 e. The zero-order chi connectivity index (χ0) is 28.4. The molecule has 1 saturated heterocycles. The average Bonchev–Trinajstić information content (AvgIpc) is 3.35. The highest BCUT2D eigenvalue weighted by atomic mass is 19.1. The molecule has 1 aliphatic heterocycles. The van der Waals surface area contributed by atoms with Crippen LogP contribution in [0.4, 0.5) is 4.39 Å². The van der Waals surface area contributed by atoms with Gasteiger partial charge >= 0.3 is 0 Å². The van der Waals surface area contributed by atoms with E-state index in [1.54, 1.807) is 46.2 Å². The molecule has 0 aliphatic carbocycles. The number of ether oxygens (including phenoxy) is 1. The van der Waals surface area contributed by atoms with Gasteiger partial charge in [0.15, 0.2) is 5.65 Å². The van der Waals surface area contributed by atoms with Gasteiger partial charge in [0.05, 0.1) is 17.7 Å². The molecular formula is C30H30FN7O2. The molecule has 204 valence electrons. The van der Waals surface area contributed by atoms with E-state index in [4.69, 9.17) is 10.5 Å². The Balaban J connectivity index is 1.62.